The number of nitrogens with zero attached hydrogens (tertiary/aromatic N) is 2. The summed E-state index contributed by atoms with van der Waals surface area (Å²) in [5.74, 6) is 2.14. The Balaban J connectivity index is 1.27. The van der Waals surface area contributed by atoms with Crippen LogP contribution < -0.4 is 5.32 Å². The summed E-state index contributed by atoms with van der Waals surface area (Å²) < 4.78 is 40.8. The van der Waals surface area contributed by atoms with Crippen LogP contribution in [0.5, 0.6) is 0 Å². The summed E-state index contributed by atoms with van der Waals surface area (Å²) in [7, 11) is 0. The molecule has 0 aromatic carbocycles. The molecule has 1 heterocycles. The maximum Gasteiger partial charge on any atom is 0.436 e. The molecule has 0 aliphatic heterocycles. The fourth-order valence-corrected chi connectivity index (χ4v) is 6.78. The van der Waals surface area contributed by atoms with Crippen molar-refractivity contribution >= 4 is 17.5 Å². The van der Waals surface area contributed by atoms with E-state index in [4.69, 9.17) is 11.6 Å². The van der Waals surface area contributed by atoms with Crippen molar-refractivity contribution in [3.05, 3.63) is 16.4 Å². The highest BCUT2D eigenvalue weighted by Crippen LogP contribution is 2.55. The van der Waals surface area contributed by atoms with Crippen LogP contribution in [0.4, 0.5) is 13.2 Å². The van der Waals surface area contributed by atoms with E-state index in [0.29, 0.717) is 5.69 Å². The van der Waals surface area contributed by atoms with E-state index in [1.165, 1.54) is 23.9 Å². The van der Waals surface area contributed by atoms with Crippen molar-refractivity contribution < 1.29 is 18.0 Å². The number of amides is 1. The first-order valence-electron chi connectivity index (χ1n) is 10.4. The fraction of sp³-hybridized carbons (Fsp3) is 0.800. The summed E-state index contributed by atoms with van der Waals surface area (Å²) in [5.41, 5.74) is -0.668. The van der Waals surface area contributed by atoms with Gasteiger partial charge in [-0.05, 0) is 69.1 Å². The van der Waals surface area contributed by atoms with E-state index in [2.05, 4.69) is 10.4 Å². The molecule has 28 heavy (non-hydrogen) atoms. The minimum absolute atomic E-state index is 0.0299. The summed E-state index contributed by atoms with van der Waals surface area (Å²) in [6.07, 6.45) is 4.27. The quantitative estimate of drug-likeness (QED) is 0.742. The van der Waals surface area contributed by atoms with Crippen LogP contribution in [0.2, 0.25) is 5.02 Å². The zero-order chi connectivity index (χ0) is 19.7. The number of aromatic nitrogens is 2. The molecule has 8 heteroatoms. The Labute approximate surface area is 167 Å². The number of hydrogen-bond donors (Lipinski definition) is 1. The highest BCUT2D eigenvalue weighted by atomic mass is 35.5. The lowest BCUT2D eigenvalue weighted by molar-refractivity contribution is -0.141. The standard InChI is InChI=1S/C20H25ClF3N3O/c21-16-17(14-1-2-14)27(26-18(16)20(22,23)24)4-3-15(28)25-19-8-11-5-12(9-19)7-13(6-11)10-19/h11-14H,1-10H2,(H,25,28). The predicted octanol–water partition coefficient (Wildman–Crippen LogP) is 4.91. The van der Waals surface area contributed by atoms with Gasteiger partial charge in [0.2, 0.25) is 5.91 Å². The zero-order valence-corrected chi connectivity index (χ0v) is 16.5. The van der Waals surface area contributed by atoms with Crippen molar-refractivity contribution in [3.63, 3.8) is 0 Å². The molecule has 1 N–H and O–H groups in total. The van der Waals surface area contributed by atoms with Crippen LogP contribution in [0.3, 0.4) is 0 Å². The summed E-state index contributed by atoms with van der Waals surface area (Å²) >= 11 is 6.01. The van der Waals surface area contributed by atoms with Crippen molar-refractivity contribution in [2.24, 2.45) is 17.8 Å². The molecule has 154 valence electrons. The molecular weight excluding hydrogens is 391 g/mol. The van der Waals surface area contributed by atoms with Crippen LogP contribution in [-0.2, 0) is 17.5 Å². The molecule has 0 unspecified atom stereocenters. The monoisotopic (exact) mass is 415 g/mol. The van der Waals surface area contributed by atoms with Crippen molar-refractivity contribution in [1.29, 1.82) is 0 Å². The van der Waals surface area contributed by atoms with Crippen molar-refractivity contribution in [2.75, 3.05) is 0 Å². The lowest BCUT2D eigenvalue weighted by Gasteiger charge is -2.56. The molecule has 4 nitrogen and oxygen atoms in total. The Morgan fingerprint density at radius 1 is 1.14 bits per heavy atom. The van der Waals surface area contributed by atoms with Crippen LogP contribution in [0.25, 0.3) is 0 Å². The number of aryl methyl sites for hydroxylation is 1. The second-order valence-corrected chi connectivity index (χ2v) is 9.92. The third-order valence-electron chi connectivity index (χ3n) is 7.16. The Hall–Kier alpha value is -1.24. The normalized spacial score (nSPS) is 34.1. The summed E-state index contributed by atoms with van der Waals surface area (Å²) in [5, 5.41) is 6.70. The van der Waals surface area contributed by atoms with Gasteiger partial charge in [-0.2, -0.15) is 18.3 Å². The number of alkyl halides is 3. The first kappa shape index (κ1) is 18.8. The van der Waals surface area contributed by atoms with Gasteiger partial charge in [0, 0.05) is 17.9 Å². The van der Waals surface area contributed by atoms with E-state index < -0.39 is 11.9 Å². The highest BCUT2D eigenvalue weighted by Gasteiger charge is 2.51. The van der Waals surface area contributed by atoms with E-state index >= 15 is 0 Å². The van der Waals surface area contributed by atoms with Gasteiger partial charge in [-0.15, -0.1) is 0 Å². The van der Waals surface area contributed by atoms with Gasteiger partial charge in [0.15, 0.2) is 5.69 Å². The summed E-state index contributed by atoms with van der Waals surface area (Å²) in [6.45, 7) is 0.139. The molecule has 5 aliphatic carbocycles. The molecule has 0 saturated heterocycles. The molecule has 5 aliphatic rings. The highest BCUT2D eigenvalue weighted by molar-refractivity contribution is 6.32. The maximum atomic E-state index is 13.2. The second kappa shape index (κ2) is 6.38. The fourth-order valence-electron chi connectivity index (χ4n) is 6.38. The Morgan fingerprint density at radius 2 is 1.71 bits per heavy atom. The van der Waals surface area contributed by atoms with Gasteiger partial charge >= 0.3 is 6.18 Å². The smallest absolute Gasteiger partial charge is 0.351 e. The lowest BCUT2D eigenvalue weighted by Crippen LogP contribution is -2.59. The number of halogens is 4. The van der Waals surface area contributed by atoms with Crippen LogP contribution >= 0.6 is 11.6 Å². The van der Waals surface area contributed by atoms with Crippen LogP contribution in [-0.4, -0.2) is 21.2 Å². The molecule has 1 aromatic heterocycles. The lowest BCUT2D eigenvalue weighted by atomic mass is 9.53. The van der Waals surface area contributed by atoms with Gasteiger partial charge in [-0.25, -0.2) is 0 Å². The second-order valence-electron chi connectivity index (χ2n) is 9.54. The molecular formula is C20H25ClF3N3O. The Morgan fingerprint density at radius 3 is 2.21 bits per heavy atom. The predicted molar refractivity (Wildman–Crippen MR) is 97.9 cm³/mol. The largest absolute Gasteiger partial charge is 0.436 e. The molecule has 4 bridgehead atoms. The van der Waals surface area contributed by atoms with Gasteiger partial charge in [0.05, 0.1) is 17.3 Å². The minimum atomic E-state index is -4.58. The minimum Gasteiger partial charge on any atom is -0.351 e. The molecule has 6 rings (SSSR count). The zero-order valence-electron chi connectivity index (χ0n) is 15.7. The molecule has 1 amide bonds. The van der Waals surface area contributed by atoms with Gasteiger partial charge in [0.1, 0.15) is 0 Å². The van der Waals surface area contributed by atoms with E-state index in [-0.39, 0.29) is 35.4 Å². The Bertz CT molecular complexity index is 764. The maximum absolute atomic E-state index is 13.2. The SMILES string of the molecule is O=C(CCn1nc(C(F)(F)F)c(Cl)c1C1CC1)NC12CC3CC(CC(C3)C1)C2. The number of hydrogen-bond acceptors (Lipinski definition) is 2. The molecule has 0 atom stereocenters. The van der Waals surface area contributed by atoms with Crippen molar-refractivity contribution in [1.82, 2.24) is 15.1 Å². The van der Waals surface area contributed by atoms with E-state index in [9.17, 15) is 18.0 Å². The third-order valence-corrected chi connectivity index (χ3v) is 7.53. The molecule has 1 aromatic rings. The van der Waals surface area contributed by atoms with Crippen molar-refractivity contribution in [2.45, 2.75) is 82.0 Å². The summed E-state index contributed by atoms with van der Waals surface area (Å²) in [4.78, 5) is 12.7. The molecule has 0 spiro atoms. The van der Waals surface area contributed by atoms with Gasteiger partial charge in [-0.1, -0.05) is 11.6 Å². The number of rotatable bonds is 5. The van der Waals surface area contributed by atoms with Crippen LogP contribution in [0.1, 0.15) is 75.1 Å². The molecule has 5 saturated carbocycles. The number of carbonyl (C=O) groups excluding carboxylic acids is 1. The van der Waals surface area contributed by atoms with E-state index in [0.717, 1.165) is 49.9 Å². The van der Waals surface area contributed by atoms with Crippen LogP contribution in [0, 0.1) is 17.8 Å². The van der Waals surface area contributed by atoms with E-state index in [1.54, 1.807) is 0 Å². The molecule has 5 fully saturated rings. The first-order chi connectivity index (χ1) is 13.2. The summed E-state index contributed by atoms with van der Waals surface area (Å²) in [6, 6.07) is 0. The van der Waals surface area contributed by atoms with Crippen LogP contribution in [0.15, 0.2) is 0 Å². The number of carbonyl (C=O) groups is 1. The van der Waals surface area contributed by atoms with Gasteiger partial charge in [0.25, 0.3) is 0 Å². The average molecular weight is 416 g/mol. The van der Waals surface area contributed by atoms with E-state index in [1.807, 2.05) is 0 Å². The van der Waals surface area contributed by atoms with Crippen molar-refractivity contribution in [3.8, 4) is 0 Å². The van der Waals surface area contributed by atoms with Gasteiger partial charge in [-0.3, -0.25) is 9.48 Å². The third kappa shape index (κ3) is 3.33. The average Bonchev–Trinajstić information content (AvgIpc) is 3.33. The number of nitrogens with one attached hydrogen (secondary N) is 1. The first-order valence-corrected chi connectivity index (χ1v) is 10.7. The van der Waals surface area contributed by atoms with Gasteiger partial charge < -0.3 is 5.32 Å². The topological polar surface area (TPSA) is 46.9 Å². The molecule has 0 radical (unpaired) electrons. The Kier molecular flexibility index (Phi) is 4.27.